The highest BCUT2D eigenvalue weighted by molar-refractivity contribution is 6.07. The molecule has 1 aliphatic rings. The fourth-order valence-corrected chi connectivity index (χ4v) is 3.60. The van der Waals surface area contributed by atoms with Crippen molar-refractivity contribution < 1.29 is 18.7 Å². The van der Waals surface area contributed by atoms with Crippen LogP contribution in [0.3, 0.4) is 0 Å². The zero-order valence-corrected chi connectivity index (χ0v) is 15.1. The number of benzene rings is 1. The summed E-state index contributed by atoms with van der Waals surface area (Å²) >= 11 is 0. The number of hydrogen-bond acceptors (Lipinski definition) is 7. The third-order valence-corrected chi connectivity index (χ3v) is 4.80. The minimum atomic E-state index is -0.491. The maximum absolute atomic E-state index is 12.7. The van der Waals surface area contributed by atoms with Crippen molar-refractivity contribution in [3.05, 3.63) is 30.0 Å². The molecule has 1 aliphatic carbocycles. The number of fused-ring (bicyclic) bond motifs is 1. The van der Waals surface area contributed by atoms with Crippen molar-refractivity contribution in [2.75, 3.05) is 12.4 Å². The van der Waals surface area contributed by atoms with E-state index in [0.29, 0.717) is 17.3 Å². The molecular formula is C18H21N5O4. The van der Waals surface area contributed by atoms with Crippen molar-refractivity contribution in [2.45, 2.75) is 38.4 Å². The molecule has 0 spiro atoms. The van der Waals surface area contributed by atoms with Gasteiger partial charge in [0.2, 0.25) is 5.76 Å². The minimum absolute atomic E-state index is 0.0589. The van der Waals surface area contributed by atoms with Crippen LogP contribution in [0.4, 0.5) is 5.95 Å². The number of ether oxygens (including phenoxy) is 2. The third-order valence-electron chi connectivity index (χ3n) is 4.80. The Hall–Kier alpha value is -2.94. The van der Waals surface area contributed by atoms with Crippen LogP contribution in [-0.2, 0) is 4.74 Å². The lowest BCUT2D eigenvalue weighted by Gasteiger charge is -2.32. The minimum Gasteiger partial charge on any atom is -0.485 e. The molecule has 9 heteroatoms. The van der Waals surface area contributed by atoms with Crippen molar-refractivity contribution in [3.63, 3.8) is 0 Å². The number of H-pyrrole nitrogens is 1. The van der Waals surface area contributed by atoms with E-state index in [4.69, 9.17) is 13.9 Å². The first kappa shape index (κ1) is 17.5. The number of methoxy groups -OCH3 is 1. The number of rotatable bonds is 5. The molecule has 2 heterocycles. The summed E-state index contributed by atoms with van der Waals surface area (Å²) in [4.78, 5) is 12.7. The molecule has 0 bridgehead atoms. The number of nitrogens with zero attached hydrogens (tertiary/aromatic N) is 3. The molecule has 1 fully saturated rings. The highest BCUT2D eigenvalue weighted by atomic mass is 16.5. The molecule has 1 saturated carbocycles. The predicted octanol–water partition coefficient (Wildman–Crippen LogP) is 2.78. The van der Waals surface area contributed by atoms with Crippen molar-refractivity contribution in [2.24, 2.45) is 5.92 Å². The van der Waals surface area contributed by atoms with Gasteiger partial charge >= 0.3 is 0 Å². The summed E-state index contributed by atoms with van der Waals surface area (Å²) in [6, 6.07) is 7.40. The number of nitrogens with one attached hydrogen (secondary N) is 2. The first-order chi connectivity index (χ1) is 13.1. The Labute approximate surface area is 155 Å². The number of anilines is 1. The Morgan fingerprint density at radius 2 is 2.07 bits per heavy atom. The Bertz CT molecular complexity index is 923. The van der Waals surface area contributed by atoms with Crippen molar-refractivity contribution in [1.29, 1.82) is 0 Å². The van der Waals surface area contributed by atoms with E-state index in [0.717, 1.165) is 24.6 Å². The van der Waals surface area contributed by atoms with Gasteiger partial charge in [0.15, 0.2) is 5.75 Å². The van der Waals surface area contributed by atoms with Crippen LogP contribution in [0.5, 0.6) is 5.75 Å². The molecule has 0 aliphatic heterocycles. The Morgan fingerprint density at radius 1 is 1.26 bits per heavy atom. The molecule has 4 rings (SSSR count). The van der Waals surface area contributed by atoms with E-state index >= 15 is 0 Å². The van der Waals surface area contributed by atoms with Gasteiger partial charge < -0.3 is 13.9 Å². The summed E-state index contributed by atoms with van der Waals surface area (Å²) in [7, 11) is 1.72. The van der Waals surface area contributed by atoms with Gasteiger partial charge in [0, 0.05) is 13.5 Å². The van der Waals surface area contributed by atoms with E-state index in [1.165, 1.54) is 0 Å². The summed E-state index contributed by atoms with van der Waals surface area (Å²) in [6.45, 7) is 2.18. The predicted molar refractivity (Wildman–Crippen MR) is 96.6 cm³/mol. The molecule has 9 nitrogen and oxygen atoms in total. The van der Waals surface area contributed by atoms with Crippen LogP contribution in [0, 0.1) is 5.92 Å². The number of furan rings is 1. The first-order valence-electron chi connectivity index (χ1n) is 8.89. The summed E-state index contributed by atoms with van der Waals surface area (Å²) in [5, 5.41) is 16.5. The van der Waals surface area contributed by atoms with Gasteiger partial charge in [0.1, 0.15) is 11.7 Å². The largest absolute Gasteiger partial charge is 0.485 e. The van der Waals surface area contributed by atoms with Crippen molar-refractivity contribution in [3.8, 4) is 5.75 Å². The molecule has 3 atom stereocenters. The zero-order chi connectivity index (χ0) is 18.8. The summed E-state index contributed by atoms with van der Waals surface area (Å²) < 4.78 is 17.6. The molecule has 142 valence electrons. The van der Waals surface area contributed by atoms with E-state index in [2.05, 4.69) is 32.9 Å². The molecule has 0 radical (unpaired) electrons. The van der Waals surface area contributed by atoms with Crippen LogP contribution < -0.4 is 10.1 Å². The highest BCUT2D eigenvalue weighted by Crippen LogP contribution is 2.37. The monoisotopic (exact) mass is 371 g/mol. The van der Waals surface area contributed by atoms with Crippen molar-refractivity contribution >= 4 is 22.8 Å². The smallest absolute Gasteiger partial charge is 0.297 e. The zero-order valence-electron chi connectivity index (χ0n) is 15.1. The molecule has 27 heavy (non-hydrogen) atoms. The average Bonchev–Trinajstić information content (AvgIpc) is 3.29. The van der Waals surface area contributed by atoms with Crippen LogP contribution in [0.15, 0.2) is 28.7 Å². The van der Waals surface area contributed by atoms with Crippen LogP contribution >= 0.6 is 0 Å². The fourth-order valence-electron chi connectivity index (χ4n) is 3.60. The maximum Gasteiger partial charge on any atom is 0.297 e. The van der Waals surface area contributed by atoms with Crippen LogP contribution in [0.2, 0.25) is 0 Å². The number of aromatic amines is 1. The molecule has 3 unspecified atom stereocenters. The summed E-state index contributed by atoms with van der Waals surface area (Å²) in [5.41, 5.74) is 0.581. The Kier molecular flexibility index (Phi) is 4.76. The molecule has 1 amide bonds. The molecular weight excluding hydrogens is 350 g/mol. The second-order valence-corrected chi connectivity index (χ2v) is 6.86. The van der Waals surface area contributed by atoms with Crippen LogP contribution in [0.25, 0.3) is 11.0 Å². The second-order valence-electron chi connectivity index (χ2n) is 6.86. The molecule has 1 aromatic carbocycles. The van der Waals surface area contributed by atoms with Gasteiger partial charge in [0.05, 0.1) is 11.5 Å². The number of tetrazole rings is 1. The Balaban J connectivity index is 1.65. The summed E-state index contributed by atoms with van der Waals surface area (Å²) in [6.07, 6.45) is 2.76. The van der Waals surface area contributed by atoms with Gasteiger partial charge in [-0.05, 0) is 36.1 Å². The number of aromatic nitrogens is 4. The van der Waals surface area contributed by atoms with E-state index < -0.39 is 5.91 Å². The van der Waals surface area contributed by atoms with Gasteiger partial charge in [-0.15, -0.1) is 5.10 Å². The third kappa shape index (κ3) is 3.63. The lowest BCUT2D eigenvalue weighted by molar-refractivity contribution is 0.00212. The number of para-hydroxylation sites is 1. The normalized spacial score (nSPS) is 22.7. The quantitative estimate of drug-likeness (QED) is 0.708. The fraction of sp³-hybridized carbons (Fsp3) is 0.444. The van der Waals surface area contributed by atoms with Crippen LogP contribution in [0.1, 0.15) is 36.7 Å². The van der Waals surface area contributed by atoms with Gasteiger partial charge in [-0.3, -0.25) is 10.1 Å². The van der Waals surface area contributed by atoms with E-state index in [-0.39, 0.29) is 23.9 Å². The standard InChI is InChI=1S/C18H21N5O4/c1-10-7-11(25-2)9-12(8-10)26-15-13-5-3-4-6-14(13)27-16(15)17(24)19-18-20-22-23-21-18/h3-6,10-12H,7-9H2,1-2H3,(H2,19,20,21,22,23,24). The van der Waals surface area contributed by atoms with Gasteiger partial charge in [-0.2, -0.15) is 5.21 Å². The second kappa shape index (κ2) is 7.36. The van der Waals surface area contributed by atoms with E-state index in [1.54, 1.807) is 13.2 Å². The lowest BCUT2D eigenvalue weighted by atomic mass is 9.86. The van der Waals surface area contributed by atoms with Crippen molar-refractivity contribution in [1.82, 2.24) is 20.6 Å². The Morgan fingerprint density at radius 3 is 2.85 bits per heavy atom. The van der Waals surface area contributed by atoms with Gasteiger partial charge in [0.25, 0.3) is 11.9 Å². The SMILES string of the molecule is COC1CC(C)CC(Oc2c(C(=O)Nc3nn[nH]n3)oc3ccccc23)C1. The van der Waals surface area contributed by atoms with Crippen LogP contribution in [-0.4, -0.2) is 45.8 Å². The molecule has 0 saturated heterocycles. The molecule has 2 aromatic heterocycles. The lowest BCUT2D eigenvalue weighted by Crippen LogP contribution is -2.33. The number of carbonyl (C=O) groups is 1. The average molecular weight is 371 g/mol. The van der Waals surface area contributed by atoms with Gasteiger partial charge in [-0.25, -0.2) is 0 Å². The highest BCUT2D eigenvalue weighted by Gasteiger charge is 2.31. The number of carbonyl (C=O) groups excluding carboxylic acids is 1. The molecule has 2 N–H and O–H groups in total. The van der Waals surface area contributed by atoms with E-state index in [1.807, 2.05) is 18.2 Å². The first-order valence-corrected chi connectivity index (χ1v) is 8.89. The molecule has 3 aromatic rings. The summed E-state index contributed by atoms with van der Waals surface area (Å²) in [5.74, 6) is 0.573. The number of hydrogen-bond donors (Lipinski definition) is 2. The topological polar surface area (TPSA) is 115 Å². The van der Waals surface area contributed by atoms with Gasteiger partial charge in [-0.1, -0.05) is 24.2 Å². The van der Waals surface area contributed by atoms with E-state index in [9.17, 15) is 4.79 Å². The number of amides is 1. The maximum atomic E-state index is 12.7.